The molecule has 0 radical (unpaired) electrons. The van der Waals surface area contributed by atoms with Crippen LogP contribution in [0.4, 0.5) is 0 Å². The Bertz CT molecular complexity index is 258. The lowest BCUT2D eigenvalue weighted by molar-refractivity contribution is 0.649. The van der Waals surface area contributed by atoms with Crippen molar-refractivity contribution in [1.29, 1.82) is 0 Å². The van der Waals surface area contributed by atoms with Crippen LogP contribution in [0.25, 0.3) is 0 Å². The number of aromatic nitrogens is 3. The summed E-state index contributed by atoms with van der Waals surface area (Å²) in [5, 5.41) is 7.71. The van der Waals surface area contributed by atoms with Crippen molar-refractivity contribution in [1.82, 2.24) is 15.0 Å². The predicted molar refractivity (Wildman–Crippen MR) is 36.6 cm³/mol. The fourth-order valence-electron chi connectivity index (χ4n) is 0.471. The summed E-state index contributed by atoms with van der Waals surface area (Å²) in [6.07, 6.45) is 5.07. The molecule has 0 fully saturated rings. The van der Waals surface area contributed by atoms with Crippen LogP contribution in [0.3, 0.4) is 0 Å². The number of hydrogen-bond donors (Lipinski definition) is 0. The lowest BCUT2D eigenvalue weighted by Crippen LogP contribution is -1.91. The van der Waals surface area contributed by atoms with Gasteiger partial charge in [0, 0.05) is 7.05 Å². The van der Waals surface area contributed by atoms with Crippen LogP contribution in [-0.2, 0) is 7.05 Å². The molecule has 0 spiro atoms. The van der Waals surface area contributed by atoms with E-state index >= 15 is 0 Å². The summed E-state index contributed by atoms with van der Waals surface area (Å²) in [6, 6.07) is 0. The smallest absolute Gasteiger partial charge is 0.169 e. The third kappa shape index (κ3) is 1.11. The minimum Gasteiger partial charge on any atom is -0.186 e. The van der Waals surface area contributed by atoms with Gasteiger partial charge in [-0.1, -0.05) is 0 Å². The van der Waals surface area contributed by atoms with Gasteiger partial charge in [-0.2, -0.15) is 4.80 Å². The highest BCUT2D eigenvalue weighted by molar-refractivity contribution is 9.10. The molecule has 3 nitrogen and oxygen atoms in total. The summed E-state index contributed by atoms with van der Waals surface area (Å²) < 4.78 is 0.618. The van der Waals surface area contributed by atoms with Crippen LogP contribution in [0.2, 0.25) is 0 Å². The van der Waals surface area contributed by atoms with Crippen molar-refractivity contribution in [3.8, 4) is 12.3 Å². The number of hydrogen-bond acceptors (Lipinski definition) is 2. The second-order valence-electron chi connectivity index (χ2n) is 1.47. The molecule has 4 heteroatoms. The first-order chi connectivity index (χ1) is 4.24. The molecule has 0 aliphatic heterocycles. The van der Waals surface area contributed by atoms with Gasteiger partial charge in [0.05, 0.1) is 0 Å². The zero-order chi connectivity index (χ0) is 6.85. The Morgan fingerprint density at radius 2 is 2.33 bits per heavy atom. The van der Waals surface area contributed by atoms with E-state index in [0.29, 0.717) is 10.3 Å². The molecule has 0 atom stereocenters. The Morgan fingerprint density at radius 1 is 1.67 bits per heavy atom. The molecule has 1 heterocycles. The van der Waals surface area contributed by atoms with Crippen LogP contribution in [0.15, 0.2) is 4.60 Å². The van der Waals surface area contributed by atoms with E-state index in [9.17, 15) is 0 Å². The van der Waals surface area contributed by atoms with Gasteiger partial charge in [-0.3, -0.25) is 0 Å². The summed E-state index contributed by atoms with van der Waals surface area (Å²) in [7, 11) is 1.71. The molecule has 0 amide bonds. The predicted octanol–water partition coefficient (Wildman–Crippen LogP) is 0.559. The van der Waals surface area contributed by atoms with Gasteiger partial charge in [0.2, 0.25) is 0 Å². The Kier molecular flexibility index (Phi) is 1.54. The van der Waals surface area contributed by atoms with E-state index in [1.54, 1.807) is 7.05 Å². The highest BCUT2D eigenvalue weighted by Gasteiger charge is 2.00. The Balaban J connectivity index is 3.20. The summed E-state index contributed by atoms with van der Waals surface area (Å²) in [6.45, 7) is 0. The molecule has 1 rings (SSSR count). The van der Waals surface area contributed by atoms with Gasteiger partial charge in [-0.25, -0.2) is 0 Å². The van der Waals surface area contributed by atoms with Crippen LogP contribution >= 0.6 is 15.9 Å². The standard InChI is InChI=1S/C5H4BrN3/c1-3-4-5(6)8-9(2)7-4/h1H,2H3. The molecule has 0 N–H and O–H groups in total. The number of rotatable bonds is 0. The average molecular weight is 186 g/mol. The van der Waals surface area contributed by atoms with Crippen LogP contribution in [0.1, 0.15) is 5.69 Å². The van der Waals surface area contributed by atoms with Crippen molar-refractivity contribution in [2.75, 3.05) is 0 Å². The van der Waals surface area contributed by atoms with Crippen molar-refractivity contribution in [2.24, 2.45) is 7.05 Å². The van der Waals surface area contributed by atoms with Crippen LogP contribution in [0, 0.1) is 12.3 Å². The topological polar surface area (TPSA) is 30.7 Å². The first-order valence-electron chi connectivity index (χ1n) is 2.27. The molecule has 0 bridgehead atoms. The van der Waals surface area contributed by atoms with E-state index in [2.05, 4.69) is 32.0 Å². The minimum absolute atomic E-state index is 0.539. The Hall–Kier alpha value is -0.820. The van der Waals surface area contributed by atoms with Crippen LogP contribution < -0.4 is 0 Å². The third-order valence-electron chi connectivity index (χ3n) is 0.809. The normalized spacial score (nSPS) is 9.00. The number of nitrogens with zero attached hydrogens (tertiary/aromatic N) is 3. The SMILES string of the molecule is C#Cc1nn(C)nc1Br. The van der Waals surface area contributed by atoms with E-state index in [1.807, 2.05) is 0 Å². The second kappa shape index (κ2) is 2.19. The van der Waals surface area contributed by atoms with Gasteiger partial charge >= 0.3 is 0 Å². The molecule has 1 aromatic rings. The highest BCUT2D eigenvalue weighted by atomic mass is 79.9. The molecule has 0 saturated carbocycles. The van der Waals surface area contributed by atoms with E-state index in [4.69, 9.17) is 6.42 Å². The van der Waals surface area contributed by atoms with E-state index < -0.39 is 0 Å². The fraction of sp³-hybridized carbons (Fsp3) is 0.200. The van der Waals surface area contributed by atoms with Crippen LogP contribution in [-0.4, -0.2) is 15.0 Å². The van der Waals surface area contributed by atoms with Crippen molar-refractivity contribution in [3.05, 3.63) is 10.3 Å². The van der Waals surface area contributed by atoms with E-state index in [-0.39, 0.29) is 0 Å². The van der Waals surface area contributed by atoms with Gasteiger partial charge < -0.3 is 0 Å². The lowest BCUT2D eigenvalue weighted by atomic mass is 10.5. The molecule has 46 valence electrons. The van der Waals surface area contributed by atoms with E-state index in [1.165, 1.54) is 4.80 Å². The maximum Gasteiger partial charge on any atom is 0.169 e. The molecule has 9 heavy (non-hydrogen) atoms. The average Bonchev–Trinajstić information content (AvgIpc) is 2.10. The first kappa shape index (κ1) is 6.30. The number of halogens is 1. The van der Waals surface area contributed by atoms with Crippen molar-refractivity contribution >= 4 is 15.9 Å². The van der Waals surface area contributed by atoms with Gasteiger partial charge in [0.15, 0.2) is 10.3 Å². The molecule has 1 aromatic heterocycles. The van der Waals surface area contributed by atoms with Gasteiger partial charge in [0.25, 0.3) is 0 Å². The largest absolute Gasteiger partial charge is 0.186 e. The summed E-state index contributed by atoms with van der Waals surface area (Å²) >= 11 is 3.14. The van der Waals surface area contributed by atoms with Gasteiger partial charge in [0.1, 0.15) is 0 Å². The van der Waals surface area contributed by atoms with Gasteiger partial charge in [-0.15, -0.1) is 16.6 Å². The summed E-state index contributed by atoms with van der Waals surface area (Å²) in [5.41, 5.74) is 0.539. The highest BCUT2D eigenvalue weighted by Crippen LogP contribution is 2.07. The number of terminal acetylenes is 1. The lowest BCUT2D eigenvalue weighted by Gasteiger charge is -1.76. The molecular weight excluding hydrogens is 182 g/mol. The van der Waals surface area contributed by atoms with E-state index in [0.717, 1.165) is 0 Å². The van der Waals surface area contributed by atoms with Gasteiger partial charge in [-0.05, 0) is 21.9 Å². The second-order valence-corrected chi connectivity index (χ2v) is 2.22. The molecule has 0 aromatic carbocycles. The molecule has 0 saturated heterocycles. The fourth-order valence-corrected chi connectivity index (χ4v) is 0.894. The Labute approximate surface area is 61.2 Å². The minimum atomic E-state index is 0.539. The molecule has 0 aliphatic carbocycles. The molecule has 0 aliphatic rings. The first-order valence-corrected chi connectivity index (χ1v) is 3.07. The zero-order valence-electron chi connectivity index (χ0n) is 4.80. The summed E-state index contributed by atoms with van der Waals surface area (Å²) in [4.78, 5) is 1.42. The van der Waals surface area contributed by atoms with Crippen LogP contribution in [0.5, 0.6) is 0 Å². The Morgan fingerprint density at radius 3 is 2.56 bits per heavy atom. The summed E-state index contributed by atoms with van der Waals surface area (Å²) in [5.74, 6) is 2.37. The quantitative estimate of drug-likeness (QED) is 0.554. The maximum absolute atomic E-state index is 5.07. The number of aryl methyl sites for hydroxylation is 1. The van der Waals surface area contributed by atoms with Crippen molar-refractivity contribution < 1.29 is 0 Å². The molecule has 0 unspecified atom stereocenters. The third-order valence-corrected chi connectivity index (χ3v) is 1.34. The molecular formula is C5H4BrN3. The zero-order valence-corrected chi connectivity index (χ0v) is 6.38. The van der Waals surface area contributed by atoms with Crippen molar-refractivity contribution in [3.63, 3.8) is 0 Å². The monoisotopic (exact) mass is 185 g/mol. The van der Waals surface area contributed by atoms with Crippen molar-refractivity contribution in [2.45, 2.75) is 0 Å². The maximum atomic E-state index is 5.07.